The number of rotatable bonds is 7. The fourth-order valence-corrected chi connectivity index (χ4v) is 2.94. The number of phenolic OH excluding ortho intramolecular Hbond substituents is 1. The average molecular weight is 392 g/mol. The second-order valence-corrected chi connectivity index (χ2v) is 6.29. The minimum Gasteiger partial charge on any atom is -0.506 e. The largest absolute Gasteiger partial charge is 0.506 e. The van der Waals surface area contributed by atoms with Crippen molar-refractivity contribution in [3.8, 4) is 16.9 Å². The quantitative estimate of drug-likeness (QED) is 0.713. The molecule has 2 rings (SSSR count). The van der Waals surface area contributed by atoms with Gasteiger partial charge in [-0.1, -0.05) is 60.1 Å². The molecule has 24 heavy (non-hydrogen) atoms. The van der Waals surface area contributed by atoms with Crippen LogP contribution in [-0.2, 0) is 4.74 Å². The van der Waals surface area contributed by atoms with Gasteiger partial charge in [-0.25, -0.2) is 4.79 Å². The van der Waals surface area contributed by atoms with Crippen LogP contribution in [0.25, 0.3) is 11.1 Å². The average Bonchev–Trinajstić information content (AvgIpc) is 2.61. The minimum atomic E-state index is -0.516. The highest BCUT2D eigenvalue weighted by Gasteiger charge is 2.18. The molecule has 0 atom stereocenters. The summed E-state index contributed by atoms with van der Waals surface area (Å²) < 4.78 is 6.04. The summed E-state index contributed by atoms with van der Waals surface area (Å²) in [5, 5.41) is 10.5. The Balaban J connectivity index is 2.18. The molecular weight excluding hydrogens is 370 g/mol. The van der Waals surface area contributed by atoms with Gasteiger partial charge in [0.2, 0.25) is 0 Å². The lowest BCUT2D eigenvalue weighted by molar-refractivity contribution is 0.0463. The van der Waals surface area contributed by atoms with Crippen LogP contribution in [0.15, 0.2) is 46.9 Å². The molecule has 0 radical (unpaired) electrons. The highest BCUT2D eigenvalue weighted by molar-refractivity contribution is 9.10. The standard InChI is InChI=1S/C19H22BrNO3/c1-3-21(4-2)10-11-24-19(23)17-13-15(20)12-16(18(17)22)14-8-6-5-7-9-14/h5-9,12-13,22H,3-4,10-11H2,1-2H3. The zero-order chi connectivity index (χ0) is 17.5. The Hall–Kier alpha value is -1.85. The molecule has 0 amide bonds. The molecule has 2 aromatic carbocycles. The molecule has 0 saturated heterocycles. The minimum absolute atomic E-state index is 0.0581. The van der Waals surface area contributed by atoms with Gasteiger partial charge in [-0.15, -0.1) is 0 Å². The molecule has 0 spiro atoms. The van der Waals surface area contributed by atoms with Gasteiger partial charge in [-0.3, -0.25) is 0 Å². The summed E-state index contributed by atoms with van der Waals surface area (Å²) >= 11 is 3.40. The van der Waals surface area contributed by atoms with Gasteiger partial charge in [-0.2, -0.15) is 0 Å². The van der Waals surface area contributed by atoms with Gasteiger partial charge in [0.15, 0.2) is 0 Å². The Kier molecular flexibility index (Phi) is 6.82. The van der Waals surface area contributed by atoms with Gasteiger partial charge in [0, 0.05) is 16.6 Å². The number of hydrogen-bond donors (Lipinski definition) is 1. The monoisotopic (exact) mass is 391 g/mol. The number of carbonyl (C=O) groups is 1. The van der Waals surface area contributed by atoms with Crippen molar-refractivity contribution in [2.45, 2.75) is 13.8 Å². The smallest absolute Gasteiger partial charge is 0.342 e. The number of likely N-dealkylation sites (N-methyl/N-ethyl adjacent to an activating group) is 1. The van der Waals surface area contributed by atoms with Crippen LogP contribution in [0.3, 0.4) is 0 Å². The first-order valence-corrected chi connectivity index (χ1v) is 8.83. The second kappa shape index (κ2) is 8.85. The number of aromatic hydroxyl groups is 1. The highest BCUT2D eigenvalue weighted by Crippen LogP contribution is 2.35. The molecule has 128 valence electrons. The normalized spacial score (nSPS) is 10.8. The molecule has 4 nitrogen and oxygen atoms in total. The van der Waals surface area contributed by atoms with E-state index < -0.39 is 5.97 Å². The van der Waals surface area contributed by atoms with Gasteiger partial charge < -0.3 is 14.7 Å². The molecule has 0 bridgehead atoms. The van der Waals surface area contributed by atoms with E-state index in [0.29, 0.717) is 18.7 Å². The van der Waals surface area contributed by atoms with Crippen molar-refractivity contribution in [2.75, 3.05) is 26.2 Å². The fraction of sp³-hybridized carbons (Fsp3) is 0.316. The van der Waals surface area contributed by atoms with E-state index in [1.54, 1.807) is 12.1 Å². The van der Waals surface area contributed by atoms with Crippen molar-refractivity contribution in [3.05, 3.63) is 52.5 Å². The van der Waals surface area contributed by atoms with Gasteiger partial charge >= 0.3 is 5.97 Å². The maximum absolute atomic E-state index is 12.3. The van der Waals surface area contributed by atoms with Gasteiger partial charge in [0.05, 0.1) is 0 Å². The number of phenols is 1. The van der Waals surface area contributed by atoms with Crippen LogP contribution in [0.5, 0.6) is 5.75 Å². The lowest BCUT2D eigenvalue weighted by atomic mass is 10.0. The van der Waals surface area contributed by atoms with Crippen LogP contribution in [0.2, 0.25) is 0 Å². The highest BCUT2D eigenvalue weighted by atomic mass is 79.9. The van der Waals surface area contributed by atoms with Crippen LogP contribution in [0.4, 0.5) is 0 Å². The van der Waals surface area contributed by atoms with E-state index in [-0.39, 0.29) is 11.3 Å². The first kappa shape index (κ1) is 18.5. The van der Waals surface area contributed by atoms with Crippen molar-refractivity contribution in [1.82, 2.24) is 4.90 Å². The lowest BCUT2D eigenvalue weighted by Gasteiger charge is -2.18. The number of benzene rings is 2. The van der Waals surface area contributed by atoms with Crippen molar-refractivity contribution in [3.63, 3.8) is 0 Å². The van der Waals surface area contributed by atoms with Crippen LogP contribution < -0.4 is 0 Å². The van der Waals surface area contributed by atoms with Gasteiger partial charge in [0.25, 0.3) is 0 Å². The molecule has 0 unspecified atom stereocenters. The Labute approximate surface area is 151 Å². The summed E-state index contributed by atoms with van der Waals surface area (Å²) in [6, 6.07) is 12.8. The number of carbonyl (C=O) groups excluding carboxylic acids is 1. The van der Waals surface area contributed by atoms with Gasteiger partial charge in [0.1, 0.15) is 17.9 Å². The number of halogens is 1. The Morgan fingerprint density at radius 3 is 2.46 bits per heavy atom. The predicted octanol–water partition coefficient (Wildman–Crippen LogP) is 4.32. The molecule has 0 aliphatic rings. The third kappa shape index (κ3) is 4.58. The second-order valence-electron chi connectivity index (χ2n) is 5.38. The molecule has 0 fully saturated rings. The van der Waals surface area contributed by atoms with Crippen LogP contribution >= 0.6 is 15.9 Å². The topological polar surface area (TPSA) is 49.8 Å². The SMILES string of the molecule is CCN(CC)CCOC(=O)c1cc(Br)cc(-c2ccccc2)c1O. The number of esters is 1. The number of nitrogens with zero attached hydrogens (tertiary/aromatic N) is 1. The van der Waals surface area contributed by atoms with Crippen LogP contribution in [-0.4, -0.2) is 42.2 Å². The van der Waals surface area contributed by atoms with Gasteiger partial charge in [-0.05, 0) is 30.8 Å². The van der Waals surface area contributed by atoms with E-state index in [1.165, 1.54) is 0 Å². The van der Waals surface area contributed by atoms with E-state index in [2.05, 4.69) is 34.7 Å². The molecule has 0 heterocycles. The molecule has 0 aromatic heterocycles. The van der Waals surface area contributed by atoms with Crippen molar-refractivity contribution in [1.29, 1.82) is 0 Å². The molecule has 5 heteroatoms. The third-order valence-electron chi connectivity index (χ3n) is 3.91. The predicted molar refractivity (Wildman–Crippen MR) is 99.3 cm³/mol. The third-order valence-corrected chi connectivity index (χ3v) is 4.37. The van der Waals surface area contributed by atoms with Crippen molar-refractivity contribution in [2.24, 2.45) is 0 Å². The van der Waals surface area contributed by atoms with Crippen LogP contribution in [0.1, 0.15) is 24.2 Å². The molecular formula is C19H22BrNO3. The zero-order valence-corrected chi connectivity index (χ0v) is 15.5. The first-order valence-electron chi connectivity index (χ1n) is 8.04. The summed E-state index contributed by atoms with van der Waals surface area (Å²) in [7, 11) is 0. The Morgan fingerprint density at radius 1 is 1.17 bits per heavy atom. The Morgan fingerprint density at radius 2 is 1.83 bits per heavy atom. The zero-order valence-electron chi connectivity index (χ0n) is 14.0. The van der Waals surface area contributed by atoms with Crippen molar-refractivity contribution < 1.29 is 14.6 Å². The summed E-state index contributed by atoms with van der Waals surface area (Å²) in [6.07, 6.45) is 0. The number of hydrogen-bond acceptors (Lipinski definition) is 4. The van der Waals surface area contributed by atoms with E-state index in [9.17, 15) is 9.90 Å². The fourth-order valence-electron chi connectivity index (χ4n) is 2.48. The maximum atomic E-state index is 12.3. The van der Waals surface area contributed by atoms with E-state index in [4.69, 9.17) is 4.74 Å². The van der Waals surface area contributed by atoms with Crippen molar-refractivity contribution >= 4 is 21.9 Å². The summed E-state index contributed by atoms with van der Waals surface area (Å²) in [5.74, 6) is -0.574. The summed E-state index contributed by atoms with van der Waals surface area (Å²) in [4.78, 5) is 14.5. The van der Waals surface area contributed by atoms with Crippen LogP contribution in [0, 0.1) is 0 Å². The van der Waals surface area contributed by atoms with E-state index in [0.717, 1.165) is 23.1 Å². The lowest BCUT2D eigenvalue weighted by Crippen LogP contribution is -2.27. The van der Waals surface area contributed by atoms with E-state index >= 15 is 0 Å². The van der Waals surface area contributed by atoms with E-state index in [1.807, 2.05) is 30.3 Å². The number of ether oxygens (including phenoxy) is 1. The Bertz CT molecular complexity index is 685. The summed E-state index contributed by atoms with van der Waals surface area (Å²) in [5.41, 5.74) is 1.61. The first-order chi connectivity index (χ1) is 11.6. The molecule has 0 aliphatic heterocycles. The molecule has 2 aromatic rings. The molecule has 0 aliphatic carbocycles. The molecule has 1 N–H and O–H groups in total. The maximum Gasteiger partial charge on any atom is 0.342 e. The summed E-state index contributed by atoms with van der Waals surface area (Å²) in [6.45, 7) is 6.93. The molecule has 0 saturated carbocycles.